The molecule has 0 amide bonds. The van der Waals surface area contributed by atoms with Crippen molar-refractivity contribution in [2.45, 2.75) is 12.8 Å². The van der Waals surface area contributed by atoms with Gasteiger partial charge in [0, 0.05) is 16.7 Å². The summed E-state index contributed by atoms with van der Waals surface area (Å²) in [5.74, 6) is 0. The first kappa shape index (κ1) is 17.3. The van der Waals surface area contributed by atoms with Crippen molar-refractivity contribution >= 4 is 40.6 Å². The molecule has 0 heterocycles. The van der Waals surface area contributed by atoms with Gasteiger partial charge in [-0.1, -0.05) is 29.3 Å². The zero-order chi connectivity index (χ0) is 8.97. The van der Waals surface area contributed by atoms with E-state index in [9.17, 15) is 0 Å². The summed E-state index contributed by atoms with van der Waals surface area (Å²) in [7, 11) is 0. The second kappa shape index (κ2) is 9.14. The van der Waals surface area contributed by atoms with Crippen molar-refractivity contribution in [3.05, 3.63) is 33.8 Å². The van der Waals surface area contributed by atoms with Crippen LogP contribution in [0.1, 0.15) is 17.7 Å². The van der Waals surface area contributed by atoms with Crippen molar-refractivity contribution in [1.29, 1.82) is 0 Å². The number of aliphatic hydroxyl groups is 1. The van der Waals surface area contributed by atoms with Crippen molar-refractivity contribution < 1.29 is 29.7 Å². The third-order valence-corrected chi connectivity index (χ3v) is 2.35. The number of benzene rings is 1. The Bertz CT molecular complexity index is 264. The fourth-order valence-electron chi connectivity index (χ4n) is 1.03. The standard InChI is InChI=1S/C9H10Cl2O.Al.Li.4H/c10-8-4-1-5-9(11)7(8)3-2-6-12;;;;;;/h1,4-5,12H,2-3,6H2;;;;;;/q;+3;+1;4*-1. The van der Waals surface area contributed by atoms with Gasteiger partial charge in [0.1, 0.15) is 0 Å². The van der Waals surface area contributed by atoms with Crippen LogP contribution in [0.15, 0.2) is 18.2 Å². The van der Waals surface area contributed by atoms with E-state index in [1.165, 1.54) is 0 Å². The van der Waals surface area contributed by atoms with E-state index in [0.29, 0.717) is 16.5 Å². The Hall–Kier alpha value is 0.890. The molecule has 1 aromatic rings. The normalized spacial score (nSPS) is 8.79. The maximum absolute atomic E-state index is 8.62. The van der Waals surface area contributed by atoms with Gasteiger partial charge in [-0.05, 0) is 30.5 Å². The molecule has 0 aliphatic rings. The molecule has 0 unspecified atom stereocenters. The molecular weight excluding hydrogens is 229 g/mol. The molecule has 0 saturated carbocycles. The molecule has 0 radical (unpaired) electrons. The number of hydrogen-bond donors (Lipinski definition) is 1. The van der Waals surface area contributed by atoms with Crippen LogP contribution in [-0.4, -0.2) is 29.1 Å². The first-order valence-electron chi connectivity index (χ1n) is 3.79. The van der Waals surface area contributed by atoms with Crippen LogP contribution in [0.4, 0.5) is 0 Å². The smallest absolute Gasteiger partial charge is 1.00 e. The van der Waals surface area contributed by atoms with Crippen LogP contribution in [0.3, 0.4) is 0 Å². The van der Waals surface area contributed by atoms with Crippen LogP contribution in [0.25, 0.3) is 0 Å². The fraction of sp³-hybridized carbons (Fsp3) is 0.333. The van der Waals surface area contributed by atoms with Gasteiger partial charge in [-0.25, -0.2) is 0 Å². The van der Waals surface area contributed by atoms with Crippen LogP contribution in [0, 0.1) is 0 Å². The third-order valence-electron chi connectivity index (χ3n) is 1.65. The van der Waals surface area contributed by atoms with E-state index in [0.717, 1.165) is 12.0 Å². The van der Waals surface area contributed by atoms with Crippen molar-refractivity contribution in [3.63, 3.8) is 0 Å². The molecule has 14 heavy (non-hydrogen) atoms. The molecule has 74 valence electrons. The summed E-state index contributed by atoms with van der Waals surface area (Å²) in [5.41, 5.74) is 0.926. The average Bonchev–Trinajstić information content (AvgIpc) is 2.04. The predicted molar refractivity (Wildman–Crippen MR) is 62.1 cm³/mol. The second-order valence-corrected chi connectivity index (χ2v) is 3.34. The fourth-order valence-corrected chi connectivity index (χ4v) is 1.61. The van der Waals surface area contributed by atoms with E-state index in [1.807, 2.05) is 6.07 Å². The van der Waals surface area contributed by atoms with Crippen molar-refractivity contribution in [1.82, 2.24) is 0 Å². The maximum atomic E-state index is 8.62. The Morgan fingerprint density at radius 1 is 1.21 bits per heavy atom. The van der Waals surface area contributed by atoms with E-state index in [-0.39, 0.29) is 48.5 Å². The van der Waals surface area contributed by atoms with E-state index < -0.39 is 0 Å². The Labute approximate surface area is 123 Å². The van der Waals surface area contributed by atoms with Crippen LogP contribution in [0.5, 0.6) is 0 Å². The van der Waals surface area contributed by atoms with Crippen LogP contribution in [0.2, 0.25) is 10.0 Å². The zero-order valence-electron chi connectivity index (χ0n) is 12.1. The van der Waals surface area contributed by atoms with Gasteiger partial charge in [0.15, 0.2) is 0 Å². The molecule has 0 aliphatic heterocycles. The van der Waals surface area contributed by atoms with E-state index >= 15 is 0 Å². The summed E-state index contributed by atoms with van der Waals surface area (Å²) in [5, 5.41) is 9.98. The Balaban J connectivity index is -0.0000000600. The Morgan fingerprint density at radius 3 is 2.14 bits per heavy atom. The van der Waals surface area contributed by atoms with Gasteiger partial charge in [0.05, 0.1) is 0 Å². The molecule has 5 heteroatoms. The quantitative estimate of drug-likeness (QED) is 0.740. The number of aliphatic hydroxyl groups excluding tert-OH is 1. The van der Waals surface area contributed by atoms with Crippen LogP contribution in [-0.2, 0) is 6.42 Å². The van der Waals surface area contributed by atoms with Crippen molar-refractivity contribution in [2.24, 2.45) is 0 Å². The summed E-state index contributed by atoms with van der Waals surface area (Å²) in [6.45, 7) is 0.168. The molecule has 1 aromatic carbocycles. The van der Waals surface area contributed by atoms with Gasteiger partial charge in [-0.2, -0.15) is 0 Å². The molecule has 0 aromatic heterocycles. The maximum Gasteiger partial charge on any atom is 3.00 e. The van der Waals surface area contributed by atoms with Gasteiger partial charge in [-0.3, -0.25) is 0 Å². The minimum absolute atomic E-state index is 0. The molecular formula is C9H14AlCl2LiO. The summed E-state index contributed by atoms with van der Waals surface area (Å²) in [4.78, 5) is 0. The summed E-state index contributed by atoms with van der Waals surface area (Å²) in [6.07, 6.45) is 1.43. The first-order valence-corrected chi connectivity index (χ1v) is 4.55. The van der Waals surface area contributed by atoms with E-state index in [1.54, 1.807) is 12.1 Å². The molecule has 0 fully saturated rings. The minimum atomic E-state index is 0. The van der Waals surface area contributed by atoms with Crippen LogP contribution < -0.4 is 18.9 Å². The van der Waals surface area contributed by atoms with Crippen molar-refractivity contribution in [2.75, 3.05) is 6.61 Å². The molecule has 0 atom stereocenters. The summed E-state index contributed by atoms with van der Waals surface area (Å²) in [6, 6.07) is 5.42. The monoisotopic (exact) mass is 242 g/mol. The third kappa shape index (κ3) is 5.11. The molecule has 0 saturated heterocycles. The van der Waals surface area contributed by atoms with E-state index in [2.05, 4.69) is 0 Å². The number of rotatable bonds is 3. The van der Waals surface area contributed by atoms with E-state index in [4.69, 9.17) is 28.3 Å². The molecule has 1 nitrogen and oxygen atoms in total. The Morgan fingerprint density at radius 2 is 1.71 bits per heavy atom. The summed E-state index contributed by atoms with van der Waals surface area (Å²) >= 11 is 11.8. The van der Waals surface area contributed by atoms with Crippen LogP contribution >= 0.6 is 23.2 Å². The molecule has 0 aliphatic carbocycles. The van der Waals surface area contributed by atoms with Gasteiger partial charge in [-0.15, -0.1) is 0 Å². The van der Waals surface area contributed by atoms with Gasteiger partial charge >= 0.3 is 36.2 Å². The van der Waals surface area contributed by atoms with Gasteiger partial charge in [0.25, 0.3) is 0 Å². The van der Waals surface area contributed by atoms with Gasteiger partial charge < -0.3 is 10.8 Å². The van der Waals surface area contributed by atoms with Crippen molar-refractivity contribution in [3.8, 4) is 0 Å². The SMILES string of the molecule is OCCCc1c(Cl)cccc1Cl.[Al+3].[H-].[H-].[H-].[H-].[Li+]. The summed E-state index contributed by atoms with van der Waals surface area (Å²) < 4.78 is 0. The molecule has 0 bridgehead atoms. The topological polar surface area (TPSA) is 20.2 Å². The molecule has 0 spiro atoms. The predicted octanol–water partition coefficient (Wildman–Crippen LogP) is -0.00850. The minimum Gasteiger partial charge on any atom is -1.00 e. The largest absolute Gasteiger partial charge is 3.00 e. The number of hydrogen-bond acceptors (Lipinski definition) is 1. The zero-order valence-corrected chi connectivity index (χ0v) is 10.8. The molecule has 1 N–H and O–H groups in total. The average molecular weight is 243 g/mol. The molecule has 1 rings (SSSR count). The number of halogens is 2. The first-order chi connectivity index (χ1) is 5.75. The second-order valence-electron chi connectivity index (χ2n) is 2.53. The Kier molecular flexibility index (Phi) is 11.3. The van der Waals surface area contributed by atoms with Gasteiger partial charge in [0.2, 0.25) is 0 Å².